The van der Waals surface area contributed by atoms with E-state index >= 15 is 0 Å². The van der Waals surface area contributed by atoms with Crippen molar-refractivity contribution in [3.63, 3.8) is 0 Å². The molecule has 2 amide bonds. The Kier molecular flexibility index (Phi) is 7.75. The van der Waals surface area contributed by atoms with Crippen molar-refractivity contribution in [3.05, 3.63) is 77.6 Å². The highest BCUT2D eigenvalue weighted by Crippen LogP contribution is 2.17. The van der Waals surface area contributed by atoms with Gasteiger partial charge < -0.3 is 25.2 Å². The van der Waals surface area contributed by atoms with Crippen LogP contribution in [-0.2, 0) is 16.1 Å². The van der Waals surface area contributed by atoms with Crippen LogP contribution in [0.4, 0.5) is 4.39 Å². The number of aliphatic hydroxyl groups is 1. The van der Waals surface area contributed by atoms with Crippen LogP contribution < -0.4 is 15.4 Å². The Bertz CT molecular complexity index is 932. The third-order valence-corrected chi connectivity index (χ3v) is 4.88. The number of methoxy groups -OCH3 is 1. The Balaban J connectivity index is 1.51. The van der Waals surface area contributed by atoms with E-state index in [2.05, 4.69) is 10.6 Å². The summed E-state index contributed by atoms with van der Waals surface area (Å²) in [4.78, 5) is 24.6. The first-order chi connectivity index (χ1) is 15.0. The molecule has 31 heavy (non-hydrogen) atoms. The molecule has 3 rings (SSSR count). The van der Waals surface area contributed by atoms with Crippen LogP contribution >= 0.6 is 0 Å². The number of carbonyl (C=O) groups excluding carboxylic acids is 2. The molecular formula is C23H25FN2O5. The number of rotatable bonds is 8. The monoisotopic (exact) mass is 428 g/mol. The van der Waals surface area contributed by atoms with Crippen LogP contribution in [0.15, 0.2) is 60.7 Å². The predicted molar refractivity (Wildman–Crippen MR) is 112 cm³/mol. The summed E-state index contributed by atoms with van der Waals surface area (Å²) in [5.41, 5.74) is 1.10. The lowest BCUT2D eigenvalue weighted by atomic mass is 10.0. The van der Waals surface area contributed by atoms with Crippen molar-refractivity contribution in [2.45, 2.75) is 31.2 Å². The van der Waals surface area contributed by atoms with E-state index in [9.17, 15) is 19.1 Å². The van der Waals surface area contributed by atoms with Crippen LogP contribution in [0, 0.1) is 5.82 Å². The van der Waals surface area contributed by atoms with E-state index in [0.29, 0.717) is 6.54 Å². The standard InChI is InChI=1S/C23H25FN2O5/c1-30-18-7-5-15(6-8-18)13-25-22(28)12-19-9-10-20(21(14-27)31-19)26-23(29)16-3-2-4-17(24)11-16/h2-11,19-21,27H,12-14H2,1H3,(H,25,28)(H,26,29)/t19-,20-,21+/m1/s1. The third kappa shape index (κ3) is 6.37. The minimum atomic E-state index is -0.720. The first-order valence-corrected chi connectivity index (χ1v) is 9.89. The first-order valence-electron chi connectivity index (χ1n) is 9.89. The highest BCUT2D eigenvalue weighted by Gasteiger charge is 2.29. The summed E-state index contributed by atoms with van der Waals surface area (Å²) >= 11 is 0. The molecule has 1 aliphatic heterocycles. The van der Waals surface area contributed by atoms with E-state index in [4.69, 9.17) is 9.47 Å². The van der Waals surface area contributed by atoms with Crippen molar-refractivity contribution < 1.29 is 28.6 Å². The van der Waals surface area contributed by atoms with E-state index < -0.39 is 30.0 Å². The first kappa shape index (κ1) is 22.5. The third-order valence-electron chi connectivity index (χ3n) is 4.88. The molecule has 0 fully saturated rings. The summed E-state index contributed by atoms with van der Waals surface area (Å²) in [5, 5.41) is 15.2. The van der Waals surface area contributed by atoms with Crippen molar-refractivity contribution in [1.82, 2.24) is 10.6 Å². The lowest BCUT2D eigenvalue weighted by molar-refractivity contribution is -0.125. The summed E-state index contributed by atoms with van der Waals surface area (Å²) in [6.45, 7) is 0.0252. The Morgan fingerprint density at radius 2 is 1.94 bits per heavy atom. The molecule has 1 heterocycles. The van der Waals surface area contributed by atoms with Crippen molar-refractivity contribution >= 4 is 11.8 Å². The molecule has 1 aliphatic rings. The van der Waals surface area contributed by atoms with Gasteiger partial charge in [-0.25, -0.2) is 4.39 Å². The zero-order chi connectivity index (χ0) is 22.2. The average Bonchev–Trinajstić information content (AvgIpc) is 2.79. The van der Waals surface area contributed by atoms with Crippen LogP contribution in [0.3, 0.4) is 0 Å². The Hall–Kier alpha value is -3.23. The molecule has 0 bridgehead atoms. The zero-order valence-electron chi connectivity index (χ0n) is 17.1. The molecular weight excluding hydrogens is 403 g/mol. The lowest BCUT2D eigenvalue weighted by Crippen LogP contribution is -2.49. The Labute approximate surface area is 179 Å². The van der Waals surface area contributed by atoms with Gasteiger partial charge in [0, 0.05) is 12.1 Å². The molecule has 3 N–H and O–H groups in total. The summed E-state index contributed by atoms with van der Waals surface area (Å²) in [6, 6.07) is 12.1. The zero-order valence-corrected chi connectivity index (χ0v) is 17.1. The molecule has 0 saturated carbocycles. The normalized spacial score (nSPS) is 20.2. The molecule has 0 aromatic heterocycles. The summed E-state index contributed by atoms with van der Waals surface area (Å²) in [5.74, 6) is -0.455. The number of aliphatic hydroxyl groups excluding tert-OH is 1. The largest absolute Gasteiger partial charge is 0.497 e. The second-order valence-corrected chi connectivity index (χ2v) is 7.12. The minimum absolute atomic E-state index is 0.0771. The number of hydrogen-bond donors (Lipinski definition) is 3. The van der Waals surface area contributed by atoms with Crippen LogP contribution in [-0.4, -0.2) is 48.9 Å². The maximum absolute atomic E-state index is 13.3. The quantitative estimate of drug-likeness (QED) is 0.559. The lowest BCUT2D eigenvalue weighted by Gasteiger charge is -2.31. The van der Waals surface area contributed by atoms with Gasteiger partial charge in [0.1, 0.15) is 17.7 Å². The maximum Gasteiger partial charge on any atom is 0.251 e. The molecule has 8 heteroatoms. The van der Waals surface area contributed by atoms with Crippen molar-refractivity contribution in [3.8, 4) is 5.75 Å². The van der Waals surface area contributed by atoms with Gasteiger partial charge in [0.2, 0.25) is 5.91 Å². The van der Waals surface area contributed by atoms with Gasteiger partial charge >= 0.3 is 0 Å². The van der Waals surface area contributed by atoms with E-state index in [1.165, 1.54) is 18.2 Å². The van der Waals surface area contributed by atoms with Crippen molar-refractivity contribution in [2.24, 2.45) is 0 Å². The molecule has 3 atom stereocenters. The molecule has 7 nitrogen and oxygen atoms in total. The number of hydrogen-bond acceptors (Lipinski definition) is 5. The highest BCUT2D eigenvalue weighted by atomic mass is 19.1. The number of nitrogens with one attached hydrogen (secondary N) is 2. The molecule has 0 radical (unpaired) electrons. The second kappa shape index (κ2) is 10.7. The van der Waals surface area contributed by atoms with Crippen LogP contribution in [0.2, 0.25) is 0 Å². The number of benzene rings is 2. The van der Waals surface area contributed by atoms with Gasteiger partial charge in [-0.05, 0) is 35.9 Å². The molecule has 0 spiro atoms. The SMILES string of the molecule is COc1ccc(CNC(=O)C[C@H]2C=C[C@@H](NC(=O)c3cccc(F)c3)[C@H](CO)O2)cc1. The van der Waals surface area contributed by atoms with Gasteiger partial charge in [-0.2, -0.15) is 0 Å². The number of halogens is 1. The molecule has 0 aliphatic carbocycles. The molecule has 0 saturated heterocycles. The topological polar surface area (TPSA) is 96.9 Å². The highest BCUT2D eigenvalue weighted by molar-refractivity contribution is 5.94. The summed E-state index contributed by atoms with van der Waals surface area (Å²) in [7, 11) is 1.59. The Morgan fingerprint density at radius 1 is 1.16 bits per heavy atom. The summed E-state index contributed by atoms with van der Waals surface area (Å²) < 4.78 is 24.2. The van der Waals surface area contributed by atoms with Gasteiger partial charge in [0.15, 0.2) is 0 Å². The minimum Gasteiger partial charge on any atom is -0.497 e. The van der Waals surface area contributed by atoms with Crippen LogP contribution in [0.1, 0.15) is 22.3 Å². The fourth-order valence-corrected chi connectivity index (χ4v) is 3.20. The fraction of sp³-hybridized carbons (Fsp3) is 0.304. The molecule has 2 aromatic rings. The number of carbonyl (C=O) groups is 2. The Morgan fingerprint density at radius 3 is 2.61 bits per heavy atom. The second-order valence-electron chi connectivity index (χ2n) is 7.12. The van der Waals surface area contributed by atoms with Gasteiger partial charge in [0.05, 0.1) is 32.3 Å². The smallest absolute Gasteiger partial charge is 0.251 e. The van der Waals surface area contributed by atoms with Gasteiger partial charge in [-0.1, -0.05) is 30.4 Å². The van der Waals surface area contributed by atoms with E-state index in [-0.39, 0.29) is 24.5 Å². The van der Waals surface area contributed by atoms with Gasteiger partial charge in [0.25, 0.3) is 5.91 Å². The van der Waals surface area contributed by atoms with Crippen molar-refractivity contribution in [1.29, 1.82) is 0 Å². The summed E-state index contributed by atoms with van der Waals surface area (Å²) in [6.07, 6.45) is 2.18. The molecule has 0 unspecified atom stereocenters. The average molecular weight is 428 g/mol. The van der Waals surface area contributed by atoms with Gasteiger partial charge in [-0.3, -0.25) is 9.59 Å². The number of ether oxygens (including phenoxy) is 2. The van der Waals surface area contributed by atoms with E-state index in [1.54, 1.807) is 19.3 Å². The van der Waals surface area contributed by atoms with E-state index in [0.717, 1.165) is 17.4 Å². The van der Waals surface area contributed by atoms with E-state index in [1.807, 2.05) is 24.3 Å². The van der Waals surface area contributed by atoms with Crippen LogP contribution in [0.25, 0.3) is 0 Å². The fourth-order valence-electron chi connectivity index (χ4n) is 3.20. The maximum atomic E-state index is 13.3. The predicted octanol–water partition coefficient (Wildman–Crippen LogP) is 1.96. The van der Waals surface area contributed by atoms with Gasteiger partial charge in [-0.15, -0.1) is 0 Å². The molecule has 2 aromatic carbocycles. The number of amides is 2. The van der Waals surface area contributed by atoms with Crippen LogP contribution in [0.5, 0.6) is 5.75 Å². The molecule has 164 valence electrons. The van der Waals surface area contributed by atoms with Crippen molar-refractivity contribution in [2.75, 3.05) is 13.7 Å².